The van der Waals surface area contributed by atoms with Gasteiger partial charge in [0.25, 0.3) is 0 Å². The molecule has 1 aliphatic heterocycles. The zero-order valence-corrected chi connectivity index (χ0v) is 8.88. The molecule has 0 fully saturated rings. The number of hydrogen-bond donors (Lipinski definition) is 1. The number of alkyl halides is 7. The highest BCUT2D eigenvalue weighted by Crippen LogP contribution is 2.49. The number of amides is 1. The summed E-state index contributed by atoms with van der Waals surface area (Å²) in [6.07, 6.45) is -6.52. The Bertz CT molecular complexity index is 417. The Morgan fingerprint density at radius 2 is 1.67 bits per heavy atom. The Labute approximate surface area is 100 Å². The smallest absolute Gasteiger partial charge is 0.301 e. The van der Waals surface area contributed by atoms with Crippen LogP contribution in [0.1, 0.15) is 0 Å². The van der Waals surface area contributed by atoms with E-state index in [1.807, 2.05) is 0 Å². The lowest BCUT2D eigenvalue weighted by molar-refractivity contribution is -0.358. The van der Waals surface area contributed by atoms with E-state index < -0.39 is 35.0 Å². The largest absolute Gasteiger partial charge is 0.459 e. The second-order valence-electron chi connectivity index (χ2n) is 3.25. The molecule has 1 N–H and O–H groups in total. The molecule has 0 saturated carbocycles. The van der Waals surface area contributed by atoms with Crippen molar-refractivity contribution in [1.29, 1.82) is 0 Å². The minimum atomic E-state index is -6.50. The van der Waals surface area contributed by atoms with Crippen molar-refractivity contribution in [2.45, 2.75) is 18.0 Å². The monoisotopic (exact) mass is 296 g/mol. The summed E-state index contributed by atoms with van der Waals surface area (Å²) in [5, 5.41) is 0.878. The van der Waals surface area contributed by atoms with Crippen LogP contribution < -0.4 is 5.32 Å². The summed E-state index contributed by atoms with van der Waals surface area (Å²) in [7, 11) is 0. The topological polar surface area (TPSA) is 41.5 Å². The Kier molecular flexibility index (Phi) is 3.40. The number of thiocarbonyl (C=S) groups is 1. The first-order chi connectivity index (χ1) is 7.91. The Hall–Kier alpha value is -1.26. The number of aliphatic imine (C=N–C) groups is 1. The fourth-order valence-corrected chi connectivity index (χ4v) is 1.23. The first-order valence-electron chi connectivity index (χ1n) is 4.12. The van der Waals surface area contributed by atoms with E-state index in [0.29, 0.717) is 0 Å². The summed E-state index contributed by atoms with van der Waals surface area (Å²) < 4.78 is 87.0. The standard InChI is InChI=1S/C7H3F7N2OS/c8-5(9,6(10,11)7(12,13)14)2-1-15-4(18)16-3(2)17/h1-2H,(H,16,17,18). The van der Waals surface area contributed by atoms with E-state index in [0.717, 1.165) is 0 Å². The number of carbonyl (C=O) groups is 1. The van der Waals surface area contributed by atoms with Gasteiger partial charge in [0.05, 0.1) is 0 Å². The molecule has 0 aromatic carbocycles. The van der Waals surface area contributed by atoms with Gasteiger partial charge >= 0.3 is 18.0 Å². The maximum Gasteiger partial charge on any atom is 0.459 e. The van der Waals surface area contributed by atoms with E-state index in [1.54, 1.807) is 0 Å². The van der Waals surface area contributed by atoms with Gasteiger partial charge in [0.1, 0.15) is 5.92 Å². The molecule has 102 valence electrons. The van der Waals surface area contributed by atoms with Crippen molar-refractivity contribution in [2.24, 2.45) is 10.9 Å². The molecule has 3 nitrogen and oxygen atoms in total. The van der Waals surface area contributed by atoms with Gasteiger partial charge < -0.3 is 5.32 Å². The molecule has 1 aliphatic rings. The van der Waals surface area contributed by atoms with Crippen molar-refractivity contribution < 1.29 is 35.5 Å². The summed E-state index contributed by atoms with van der Waals surface area (Å²) in [6.45, 7) is 0. The van der Waals surface area contributed by atoms with Crippen LogP contribution in [0, 0.1) is 5.92 Å². The normalized spacial score (nSPS) is 22.1. The van der Waals surface area contributed by atoms with E-state index >= 15 is 0 Å². The summed E-state index contributed by atoms with van der Waals surface area (Å²) in [4.78, 5) is 13.9. The van der Waals surface area contributed by atoms with Gasteiger partial charge in [-0.25, -0.2) is 4.99 Å². The quantitative estimate of drug-likeness (QED) is 0.625. The van der Waals surface area contributed by atoms with Crippen LogP contribution in [0.15, 0.2) is 4.99 Å². The van der Waals surface area contributed by atoms with E-state index in [9.17, 15) is 35.5 Å². The van der Waals surface area contributed by atoms with Gasteiger partial charge in [-0.05, 0) is 12.2 Å². The van der Waals surface area contributed by atoms with Gasteiger partial charge in [-0.2, -0.15) is 30.7 Å². The Morgan fingerprint density at radius 3 is 2.06 bits per heavy atom. The minimum absolute atomic E-state index is 0.0270. The Morgan fingerprint density at radius 1 is 1.17 bits per heavy atom. The van der Waals surface area contributed by atoms with Crippen molar-refractivity contribution >= 4 is 29.5 Å². The minimum Gasteiger partial charge on any atom is -0.301 e. The maximum atomic E-state index is 13.1. The predicted molar refractivity (Wildman–Crippen MR) is 48.7 cm³/mol. The number of rotatable bonds is 2. The summed E-state index contributed by atoms with van der Waals surface area (Å²) >= 11 is 4.24. The second-order valence-corrected chi connectivity index (χ2v) is 3.63. The first kappa shape index (κ1) is 14.8. The molecule has 1 amide bonds. The van der Waals surface area contributed by atoms with E-state index in [4.69, 9.17) is 0 Å². The van der Waals surface area contributed by atoms with E-state index in [2.05, 4.69) is 17.2 Å². The highest BCUT2D eigenvalue weighted by atomic mass is 32.1. The Balaban J connectivity index is 3.18. The van der Waals surface area contributed by atoms with Crippen LogP contribution in [-0.2, 0) is 4.79 Å². The van der Waals surface area contributed by atoms with E-state index in [-0.39, 0.29) is 6.21 Å². The average molecular weight is 296 g/mol. The van der Waals surface area contributed by atoms with Crippen molar-refractivity contribution in [3.63, 3.8) is 0 Å². The fourth-order valence-electron chi connectivity index (χ4n) is 1.07. The van der Waals surface area contributed by atoms with Gasteiger partial charge in [0.15, 0.2) is 5.11 Å². The molecule has 0 bridgehead atoms. The zero-order valence-electron chi connectivity index (χ0n) is 8.06. The molecular weight excluding hydrogens is 293 g/mol. The molecule has 1 unspecified atom stereocenters. The lowest BCUT2D eigenvalue weighted by atomic mass is 9.94. The molecule has 0 radical (unpaired) electrons. The maximum absolute atomic E-state index is 13.1. The second kappa shape index (κ2) is 4.14. The number of halogens is 7. The molecule has 0 aromatic rings. The van der Waals surface area contributed by atoms with Gasteiger partial charge in [-0.1, -0.05) is 0 Å². The molecular formula is C7H3F7N2OS. The van der Waals surface area contributed by atoms with Gasteiger partial charge in [-0.3, -0.25) is 4.79 Å². The lowest BCUT2D eigenvalue weighted by Crippen LogP contribution is -2.60. The lowest BCUT2D eigenvalue weighted by Gasteiger charge is -2.32. The number of nitrogens with zero attached hydrogens (tertiary/aromatic N) is 1. The van der Waals surface area contributed by atoms with Gasteiger partial charge in [0.2, 0.25) is 5.91 Å². The number of nitrogens with one attached hydrogen (secondary N) is 1. The van der Waals surface area contributed by atoms with E-state index in [1.165, 1.54) is 5.32 Å². The van der Waals surface area contributed by atoms with Crippen molar-refractivity contribution in [2.75, 3.05) is 0 Å². The van der Waals surface area contributed by atoms with Crippen LogP contribution >= 0.6 is 12.2 Å². The molecule has 0 aliphatic carbocycles. The molecule has 1 heterocycles. The zero-order chi connectivity index (χ0) is 14.4. The molecule has 0 spiro atoms. The van der Waals surface area contributed by atoms with Crippen LogP contribution in [0.3, 0.4) is 0 Å². The first-order valence-corrected chi connectivity index (χ1v) is 4.53. The molecule has 1 atom stereocenters. The molecule has 11 heteroatoms. The predicted octanol–water partition coefficient (Wildman–Crippen LogP) is 1.92. The highest BCUT2D eigenvalue weighted by molar-refractivity contribution is 7.80. The van der Waals surface area contributed by atoms with Crippen LogP contribution in [-0.4, -0.2) is 35.3 Å². The van der Waals surface area contributed by atoms with Crippen molar-refractivity contribution in [3.05, 3.63) is 0 Å². The fraction of sp³-hybridized carbons (Fsp3) is 0.571. The third-order valence-corrected chi connectivity index (χ3v) is 2.23. The molecule has 18 heavy (non-hydrogen) atoms. The molecule has 1 rings (SSSR count). The SMILES string of the molecule is O=C1NC(=S)N=CC1C(F)(F)C(F)(F)C(F)(F)F. The number of hydrogen-bond acceptors (Lipinski definition) is 2. The average Bonchev–Trinajstić information content (AvgIpc) is 2.14. The molecule has 0 saturated heterocycles. The third kappa shape index (κ3) is 2.18. The summed E-state index contributed by atoms with van der Waals surface area (Å²) in [5.74, 6) is -16.9. The molecule has 0 aromatic heterocycles. The third-order valence-electron chi connectivity index (χ3n) is 2.02. The summed E-state index contributed by atoms with van der Waals surface area (Å²) in [5.41, 5.74) is 0. The van der Waals surface area contributed by atoms with Crippen LogP contribution in [0.5, 0.6) is 0 Å². The van der Waals surface area contributed by atoms with Crippen LogP contribution in [0.25, 0.3) is 0 Å². The summed E-state index contributed by atoms with van der Waals surface area (Å²) in [6, 6.07) is 0. The number of carbonyl (C=O) groups excluding carboxylic acids is 1. The van der Waals surface area contributed by atoms with Crippen LogP contribution in [0.4, 0.5) is 30.7 Å². The van der Waals surface area contributed by atoms with Crippen LogP contribution in [0.2, 0.25) is 0 Å². The van der Waals surface area contributed by atoms with Gasteiger partial charge in [-0.15, -0.1) is 0 Å². The van der Waals surface area contributed by atoms with Crippen molar-refractivity contribution in [1.82, 2.24) is 5.32 Å². The van der Waals surface area contributed by atoms with Gasteiger partial charge in [0, 0.05) is 6.21 Å². The highest BCUT2D eigenvalue weighted by Gasteiger charge is 2.76. The van der Waals surface area contributed by atoms with Crippen molar-refractivity contribution in [3.8, 4) is 0 Å².